The van der Waals surface area contributed by atoms with Crippen molar-refractivity contribution in [1.82, 2.24) is 20.3 Å². The van der Waals surface area contributed by atoms with Crippen molar-refractivity contribution in [2.45, 2.75) is 13.5 Å². The second-order valence-electron chi connectivity index (χ2n) is 5.78. The van der Waals surface area contributed by atoms with Crippen molar-refractivity contribution in [2.24, 2.45) is 5.73 Å². The van der Waals surface area contributed by atoms with Crippen LogP contribution in [0.1, 0.15) is 21.7 Å². The Morgan fingerprint density at radius 1 is 1.19 bits per heavy atom. The number of carbonyl (C=O) groups excluding carboxylic acids is 2. The van der Waals surface area contributed by atoms with Gasteiger partial charge in [-0.25, -0.2) is 9.48 Å². The number of anilines is 1. The SMILES string of the molecule is Cc1c(C(=O)NCc2ccc(NC(N)=O)cc2)nnn1-c1cccc(Cl)c1. The summed E-state index contributed by atoms with van der Waals surface area (Å²) < 4.78 is 1.56. The van der Waals surface area contributed by atoms with Gasteiger partial charge in [-0.3, -0.25) is 4.79 Å². The maximum atomic E-state index is 12.4. The minimum Gasteiger partial charge on any atom is -0.351 e. The zero-order valence-electron chi connectivity index (χ0n) is 14.4. The lowest BCUT2D eigenvalue weighted by atomic mass is 10.2. The van der Waals surface area contributed by atoms with Gasteiger partial charge in [-0.2, -0.15) is 0 Å². The number of nitrogens with zero attached hydrogens (tertiary/aromatic N) is 3. The molecule has 8 nitrogen and oxygen atoms in total. The summed E-state index contributed by atoms with van der Waals surface area (Å²) >= 11 is 6.00. The number of nitrogens with one attached hydrogen (secondary N) is 2. The van der Waals surface area contributed by atoms with Gasteiger partial charge in [0.15, 0.2) is 5.69 Å². The predicted octanol–water partition coefficient (Wildman–Crippen LogP) is 2.65. The van der Waals surface area contributed by atoms with Crippen molar-refractivity contribution in [3.63, 3.8) is 0 Å². The van der Waals surface area contributed by atoms with E-state index in [4.69, 9.17) is 17.3 Å². The van der Waals surface area contributed by atoms with Crippen LogP contribution in [-0.4, -0.2) is 26.9 Å². The third kappa shape index (κ3) is 4.42. The number of benzene rings is 2. The van der Waals surface area contributed by atoms with Crippen LogP contribution in [0.15, 0.2) is 48.5 Å². The van der Waals surface area contributed by atoms with Gasteiger partial charge in [0, 0.05) is 17.3 Å². The fourth-order valence-electron chi connectivity index (χ4n) is 2.51. The van der Waals surface area contributed by atoms with E-state index < -0.39 is 6.03 Å². The number of carbonyl (C=O) groups is 2. The van der Waals surface area contributed by atoms with Gasteiger partial charge in [0.25, 0.3) is 5.91 Å². The molecule has 1 aromatic heterocycles. The van der Waals surface area contributed by atoms with Gasteiger partial charge in [-0.15, -0.1) is 5.10 Å². The standard InChI is InChI=1S/C18H17ClN6O2/c1-11-16(23-24-25(11)15-4-2-3-13(19)9-15)17(26)21-10-12-5-7-14(8-6-12)22-18(20)27/h2-9H,10H2,1H3,(H,21,26)(H3,20,22,27). The van der Waals surface area contributed by atoms with Crippen LogP contribution >= 0.6 is 11.6 Å². The van der Waals surface area contributed by atoms with E-state index in [9.17, 15) is 9.59 Å². The van der Waals surface area contributed by atoms with Gasteiger partial charge >= 0.3 is 6.03 Å². The monoisotopic (exact) mass is 384 g/mol. The highest BCUT2D eigenvalue weighted by molar-refractivity contribution is 6.30. The molecule has 0 aliphatic carbocycles. The summed E-state index contributed by atoms with van der Waals surface area (Å²) in [5.74, 6) is -0.333. The van der Waals surface area contributed by atoms with E-state index in [1.54, 1.807) is 54.1 Å². The summed E-state index contributed by atoms with van der Waals surface area (Å²) in [4.78, 5) is 23.2. The zero-order valence-corrected chi connectivity index (χ0v) is 15.2. The molecule has 0 aliphatic heterocycles. The van der Waals surface area contributed by atoms with Gasteiger partial charge in [0.1, 0.15) is 0 Å². The number of hydrogen-bond donors (Lipinski definition) is 3. The van der Waals surface area contributed by atoms with Crippen molar-refractivity contribution in [1.29, 1.82) is 0 Å². The van der Waals surface area contributed by atoms with E-state index in [0.717, 1.165) is 11.3 Å². The first-order valence-electron chi connectivity index (χ1n) is 8.06. The first kappa shape index (κ1) is 18.4. The number of primary amides is 1. The molecule has 0 saturated carbocycles. The van der Waals surface area contributed by atoms with Gasteiger partial charge < -0.3 is 16.4 Å². The van der Waals surface area contributed by atoms with E-state index >= 15 is 0 Å². The van der Waals surface area contributed by atoms with Gasteiger partial charge in [-0.05, 0) is 42.8 Å². The molecule has 1 heterocycles. The lowest BCUT2D eigenvalue weighted by Gasteiger charge is -2.07. The maximum absolute atomic E-state index is 12.4. The highest BCUT2D eigenvalue weighted by Crippen LogP contribution is 2.17. The molecule has 0 bridgehead atoms. The third-order valence-electron chi connectivity index (χ3n) is 3.84. The van der Waals surface area contributed by atoms with Crippen molar-refractivity contribution in [3.05, 3.63) is 70.5 Å². The summed E-state index contributed by atoms with van der Waals surface area (Å²) in [6.45, 7) is 2.07. The summed E-state index contributed by atoms with van der Waals surface area (Å²) in [5, 5.41) is 13.9. The average molecular weight is 385 g/mol. The molecular formula is C18H17ClN6O2. The van der Waals surface area contributed by atoms with Crippen molar-refractivity contribution >= 4 is 29.2 Å². The fourth-order valence-corrected chi connectivity index (χ4v) is 2.69. The van der Waals surface area contributed by atoms with Crippen LogP contribution < -0.4 is 16.4 Å². The van der Waals surface area contributed by atoms with Crippen LogP contribution in [0, 0.1) is 6.92 Å². The molecule has 3 aromatic rings. The summed E-state index contributed by atoms with van der Waals surface area (Å²) in [6, 6.07) is 13.5. The van der Waals surface area contributed by atoms with Gasteiger partial charge in [0.05, 0.1) is 11.4 Å². The number of rotatable bonds is 5. The minimum atomic E-state index is -0.630. The molecule has 0 aliphatic rings. The Morgan fingerprint density at radius 3 is 2.59 bits per heavy atom. The molecule has 0 spiro atoms. The van der Waals surface area contributed by atoms with Crippen LogP contribution in [0.5, 0.6) is 0 Å². The Balaban J connectivity index is 1.67. The molecular weight excluding hydrogens is 368 g/mol. The lowest BCUT2D eigenvalue weighted by molar-refractivity contribution is 0.0945. The first-order valence-corrected chi connectivity index (χ1v) is 8.43. The molecule has 138 valence electrons. The molecule has 3 rings (SSSR count). The highest BCUT2D eigenvalue weighted by atomic mass is 35.5. The van der Waals surface area contributed by atoms with E-state index in [2.05, 4.69) is 20.9 Å². The molecule has 9 heteroatoms. The van der Waals surface area contributed by atoms with Crippen LogP contribution in [-0.2, 0) is 6.54 Å². The quantitative estimate of drug-likeness (QED) is 0.627. The number of urea groups is 1. The molecule has 0 radical (unpaired) electrons. The molecule has 0 saturated heterocycles. The number of aromatic nitrogens is 3. The molecule has 3 amide bonds. The van der Waals surface area contributed by atoms with Gasteiger partial charge in [0.2, 0.25) is 0 Å². The smallest absolute Gasteiger partial charge is 0.316 e. The minimum absolute atomic E-state index is 0.238. The Morgan fingerprint density at radius 2 is 1.93 bits per heavy atom. The van der Waals surface area contributed by atoms with Crippen molar-refractivity contribution in [3.8, 4) is 5.69 Å². The second-order valence-corrected chi connectivity index (χ2v) is 6.22. The molecule has 27 heavy (non-hydrogen) atoms. The summed E-state index contributed by atoms with van der Waals surface area (Å²) in [7, 11) is 0. The van der Waals surface area contributed by atoms with Crippen LogP contribution in [0.25, 0.3) is 5.69 Å². The summed E-state index contributed by atoms with van der Waals surface area (Å²) in [6.07, 6.45) is 0. The Bertz CT molecular complexity index is 984. The van der Waals surface area contributed by atoms with Crippen LogP contribution in [0.2, 0.25) is 5.02 Å². The van der Waals surface area contributed by atoms with Crippen LogP contribution in [0.4, 0.5) is 10.5 Å². The summed E-state index contributed by atoms with van der Waals surface area (Å²) in [5.41, 5.74) is 8.07. The fraction of sp³-hybridized carbons (Fsp3) is 0.111. The average Bonchev–Trinajstić information content (AvgIpc) is 3.02. The number of hydrogen-bond acceptors (Lipinski definition) is 4. The molecule has 0 fully saturated rings. The number of nitrogens with two attached hydrogens (primary N) is 1. The molecule has 0 unspecified atom stereocenters. The second kappa shape index (κ2) is 7.88. The molecule has 4 N–H and O–H groups in total. The Hall–Kier alpha value is -3.39. The molecule has 0 atom stereocenters. The zero-order chi connectivity index (χ0) is 19.4. The lowest BCUT2D eigenvalue weighted by Crippen LogP contribution is -2.24. The predicted molar refractivity (Wildman–Crippen MR) is 102 cm³/mol. The van der Waals surface area contributed by atoms with Gasteiger partial charge in [-0.1, -0.05) is 35.0 Å². The van der Waals surface area contributed by atoms with Crippen LogP contribution in [0.3, 0.4) is 0 Å². The first-order chi connectivity index (χ1) is 12.9. The highest BCUT2D eigenvalue weighted by Gasteiger charge is 2.17. The normalized spacial score (nSPS) is 10.4. The largest absolute Gasteiger partial charge is 0.351 e. The maximum Gasteiger partial charge on any atom is 0.316 e. The Labute approximate surface area is 160 Å². The van der Waals surface area contributed by atoms with Crippen molar-refractivity contribution in [2.75, 3.05) is 5.32 Å². The third-order valence-corrected chi connectivity index (χ3v) is 4.07. The number of halogens is 1. The molecule has 2 aromatic carbocycles. The number of amides is 3. The van der Waals surface area contributed by atoms with E-state index in [1.165, 1.54) is 0 Å². The van der Waals surface area contributed by atoms with E-state index in [-0.39, 0.29) is 11.6 Å². The topological polar surface area (TPSA) is 115 Å². The van der Waals surface area contributed by atoms with E-state index in [1.807, 2.05) is 6.07 Å². The van der Waals surface area contributed by atoms with Crippen molar-refractivity contribution < 1.29 is 9.59 Å². The van der Waals surface area contributed by atoms with E-state index in [0.29, 0.717) is 22.9 Å². The Kier molecular flexibility index (Phi) is 5.37.